The maximum atomic E-state index is 13.7. The predicted octanol–water partition coefficient (Wildman–Crippen LogP) is 8.07. The molecule has 0 radical (unpaired) electrons. The van der Waals surface area contributed by atoms with E-state index >= 15 is 0 Å². The Kier molecular flexibility index (Phi) is 7.35. The lowest BCUT2D eigenvalue weighted by molar-refractivity contribution is 0.102. The van der Waals surface area contributed by atoms with Gasteiger partial charge in [-0.25, -0.2) is 4.99 Å². The van der Waals surface area contributed by atoms with Crippen LogP contribution in [0.15, 0.2) is 71.7 Å². The molecule has 1 aromatic heterocycles. The molecule has 0 saturated heterocycles. The summed E-state index contributed by atoms with van der Waals surface area (Å²) in [7, 11) is 0. The molecule has 38 heavy (non-hydrogen) atoms. The van der Waals surface area contributed by atoms with E-state index in [1.165, 1.54) is 4.88 Å². The van der Waals surface area contributed by atoms with E-state index in [-0.39, 0.29) is 17.9 Å². The molecule has 192 valence electrons. The molecular formula is C33H32N2O2S. The van der Waals surface area contributed by atoms with Crippen molar-refractivity contribution >= 4 is 44.9 Å². The number of amides is 1. The van der Waals surface area contributed by atoms with E-state index in [0.717, 1.165) is 51.9 Å². The molecule has 1 heterocycles. The topological polar surface area (TPSA) is 50.7 Å². The van der Waals surface area contributed by atoms with Crippen LogP contribution < -0.4 is 10.1 Å². The fourth-order valence-electron chi connectivity index (χ4n) is 5.13. The number of rotatable bonds is 6. The minimum atomic E-state index is -0.114. The maximum Gasteiger partial charge on any atom is 0.259 e. The SMILES string of the molecule is C#CCOc1ccc2ccccc2c1C=Nc1sc2c(c1C(=O)Nc1ccccc1)CC[C@H](C(C)(C)C)C2. The monoisotopic (exact) mass is 520 g/mol. The normalized spacial score (nSPS) is 15.3. The summed E-state index contributed by atoms with van der Waals surface area (Å²) in [6.45, 7) is 7.08. The summed E-state index contributed by atoms with van der Waals surface area (Å²) >= 11 is 1.64. The minimum Gasteiger partial charge on any atom is -0.480 e. The van der Waals surface area contributed by atoms with Crippen LogP contribution in [0, 0.1) is 23.7 Å². The summed E-state index contributed by atoms with van der Waals surface area (Å²) < 4.78 is 5.87. The molecule has 5 rings (SSSR count). The first-order valence-corrected chi connectivity index (χ1v) is 13.8. The number of para-hydroxylation sites is 1. The van der Waals surface area contributed by atoms with E-state index in [9.17, 15) is 4.79 Å². The number of ether oxygens (including phenoxy) is 1. The van der Waals surface area contributed by atoms with Crippen molar-refractivity contribution in [1.82, 2.24) is 0 Å². The molecule has 1 aliphatic rings. The first kappa shape index (κ1) is 25.8. The highest BCUT2D eigenvalue weighted by Crippen LogP contribution is 2.45. The summed E-state index contributed by atoms with van der Waals surface area (Å²) in [6, 6.07) is 21.7. The van der Waals surface area contributed by atoms with Crippen LogP contribution in [0.1, 0.15) is 53.6 Å². The largest absolute Gasteiger partial charge is 0.480 e. The van der Waals surface area contributed by atoms with Gasteiger partial charge in [-0.05, 0) is 65.1 Å². The summed E-state index contributed by atoms with van der Waals surface area (Å²) in [5, 5.41) is 5.93. The van der Waals surface area contributed by atoms with Crippen LogP contribution in [-0.2, 0) is 12.8 Å². The zero-order valence-corrected chi connectivity index (χ0v) is 22.9. The van der Waals surface area contributed by atoms with Crippen molar-refractivity contribution in [3.63, 3.8) is 0 Å². The van der Waals surface area contributed by atoms with Gasteiger partial charge in [-0.2, -0.15) is 0 Å². The van der Waals surface area contributed by atoms with Crippen LogP contribution in [0.4, 0.5) is 10.7 Å². The van der Waals surface area contributed by atoms with Crippen LogP contribution >= 0.6 is 11.3 Å². The molecule has 0 spiro atoms. The highest BCUT2D eigenvalue weighted by atomic mass is 32.1. The van der Waals surface area contributed by atoms with Crippen LogP contribution in [0.25, 0.3) is 10.8 Å². The molecule has 0 aliphatic heterocycles. The van der Waals surface area contributed by atoms with E-state index in [2.05, 4.69) is 44.1 Å². The average Bonchev–Trinajstić information content (AvgIpc) is 3.28. The number of anilines is 1. The fourth-order valence-corrected chi connectivity index (χ4v) is 6.40. The number of nitrogens with zero attached hydrogens (tertiary/aromatic N) is 1. The molecule has 0 fully saturated rings. The molecule has 0 unspecified atom stereocenters. The number of nitrogens with one attached hydrogen (secondary N) is 1. The molecule has 3 aromatic carbocycles. The Morgan fingerprint density at radius 1 is 1.13 bits per heavy atom. The van der Waals surface area contributed by atoms with Gasteiger partial charge in [-0.3, -0.25) is 4.79 Å². The van der Waals surface area contributed by atoms with Crippen molar-refractivity contribution in [3.8, 4) is 18.1 Å². The van der Waals surface area contributed by atoms with Gasteiger partial charge in [0.1, 0.15) is 17.4 Å². The fraction of sp³-hybridized carbons (Fsp3) is 0.273. The van der Waals surface area contributed by atoms with Gasteiger partial charge in [0.15, 0.2) is 0 Å². The second kappa shape index (κ2) is 10.8. The lowest BCUT2D eigenvalue weighted by atomic mass is 9.72. The van der Waals surface area contributed by atoms with Crippen molar-refractivity contribution in [1.29, 1.82) is 0 Å². The lowest BCUT2D eigenvalue weighted by Gasteiger charge is -2.33. The highest BCUT2D eigenvalue weighted by Gasteiger charge is 2.33. The Bertz CT molecular complexity index is 1540. The van der Waals surface area contributed by atoms with E-state index in [4.69, 9.17) is 16.2 Å². The van der Waals surface area contributed by atoms with E-state index in [0.29, 0.717) is 17.2 Å². The summed E-state index contributed by atoms with van der Waals surface area (Å²) in [5.41, 5.74) is 3.66. The Balaban J connectivity index is 1.58. The van der Waals surface area contributed by atoms with Gasteiger partial charge < -0.3 is 10.1 Å². The van der Waals surface area contributed by atoms with E-state index < -0.39 is 0 Å². The second-order valence-electron chi connectivity index (χ2n) is 10.8. The zero-order chi connectivity index (χ0) is 26.7. The van der Waals surface area contributed by atoms with E-state index in [1.54, 1.807) is 11.3 Å². The van der Waals surface area contributed by atoms with Crippen molar-refractivity contribution in [3.05, 3.63) is 88.3 Å². The Hall–Kier alpha value is -3.88. The number of benzene rings is 3. The van der Waals surface area contributed by atoms with Gasteiger partial charge in [0.2, 0.25) is 0 Å². The van der Waals surface area contributed by atoms with Gasteiger partial charge in [-0.1, -0.05) is 75.2 Å². The van der Waals surface area contributed by atoms with Gasteiger partial charge in [0.25, 0.3) is 5.91 Å². The van der Waals surface area contributed by atoms with Crippen molar-refractivity contribution in [2.24, 2.45) is 16.3 Å². The van der Waals surface area contributed by atoms with Gasteiger partial charge >= 0.3 is 0 Å². The lowest BCUT2D eigenvalue weighted by Crippen LogP contribution is -2.27. The second-order valence-corrected chi connectivity index (χ2v) is 11.8. The highest BCUT2D eigenvalue weighted by molar-refractivity contribution is 7.16. The molecule has 1 aliphatic carbocycles. The van der Waals surface area contributed by atoms with Crippen LogP contribution in [-0.4, -0.2) is 18.7 Å². The predicted molar refractivity (Wildman–Crippen MR) is 159 cm³/mol. The van der Waals surface area contributed by atoms with Gasteiger partial charge in [-0.15, -0.1) is 17.8 Å². The smallest absolute Gasteiger partial charge is 0.259 e. The third kappa shape index (κ3) is 5.37. The molecule has 0 saturated carbocycles. The molecule has 5 heteroatoms. The average molecular weight is 521 g/mol. The first-order valence-electron chi connectivity index (χ1n) is 13.0. The third-order valence-corrected chi connectivity index (χ3v) is 8.45. The van der Waals surface area contributed by atoms with E-state index in [1.807, 2.05) is 60.8 Å². The molecule has 1 N–H and O–H groups in total. The molecule has 1 atom stereocenters. The van der Waals surface area contributed by atoms with Crippen molar-refractivity contribution in [2.45, 2.75) is 40.0 Å². The maximum absolute atomic E-state index is 13.7. The number of thiophene rings is 1. The number of fused-ring (bicyclic) bond motifs is 2. The first-order chi connectivity index (χ1) is 18.3. The Labute approximate surface area is 228 Å². The van der Waals surface area contributed by atoms with Crippen molar-refractivity contribution in [2.75, 3.05) is 11.9 Å². The minimum absolute atomic E-state index is 0.114. The number of carbonyl (C=O) groups excluding carboxylic acids is 1. The number of terminal acetylenes is 1. The zero-order valence-electron chi connectivity index (χ0n) is 22.1. The van der Waals surface area contributed by atoms with Crippen molar-refractivity contribution < 1.29 is 9.53 Å². The summed E-state index contributed by atoms with van der Waals surface area (Å²) in [6.07, 6.45) is 10.2. The standard InChI is InChI=1S/C33H32N2O2S/c1-5-19-37-28-18-15-22-11-9-10-14-25(22)27(28)21-34-32-30(31(36)35-24-12-7-6-8-13-24)26-17-16-23(33(2,3)4)20-29(26)38-32/h1,6-15,18,21,23H,16-17,19-20H2,2-4H3,(H,35,36)/t23-/m0/s1. The van der Waals surface area contributed by atoms with Crippen LogP contribution in [0.5, 0.6) is 5.75 Å². The van der Waals surface area contributed by atoms with Crippen LogP contribution in [0.3, 0.4) is 0 Å². The quantitative estimate of drug-likeness (QED) is 0.206. The van der Waals surface area contributed by atoms with Crippen LogP contribution in [0.2, 0.25) is 0 Å². The third-order valence-electron chi connectivity index (χ3n) is 7.28. The molecule has 4 aromatic rings. The molecule has 1 amide bonds. The summed E-state index contributed by atoms with van der Waals surface area (Å²) in [5.74, 6) is 3.67. The Morgan fingerprint density at radius 2 is 1.89 bits per heavy atom. The van der Waals surface area contributed by atoms with Gasteiger partial charge in [0.05, 0.1) is 5.56 Å². The number of aliphatic imine (C=N–C) groups is 1. The molecular weight excluding hydrogens is 488 g/mol. The summed E-state index contributed by atoms with van der Waals surface area (Å²) in [4.78, 5) is 19.9. The molecule has 4 nitrogen and oxygen atoms in total. The number of hydrogen-bond acceptors (Lipinski definition) is 4. The molecule has 0 bridgehead atoms. The Morgan fingerprint density at radius 3 is 2.66 bits per heavy atom. The number of carbonyl (C=O) groups is 1. The van der Waals surface area contributed by atoms with Gasteiger partial charge in [0, 0.05) is 22.3 Å². The number of hydrogen-bond donors (Lipinski definition) is 1.